The minimum Gasteiger partial charge on any atom is -0.384 e. The van der Waals surface area contributed by atoms with Gasteiger partial charge >= 0.3 is 0 Å². The Morgan fingerprint density at radius 2 is 1.63 bits per heavy atom. The Morgan fingerprint density at radius 1 is 0.886 bits per heavy atom. The summed E-state index contributed by atoms with van der Waals surface area (Å²) in [5.41, 5.74) is 5.05. The van der Waals surface area contributed by atoms with Gasteiger partial charge in [0, 0.05) is 26.2 Å². The molecule has 0 spiro atoms. The molecule has 2 aromatic heterocycles. The van der Waals surface area contributed by atoms with E-state index in [0.29, 0.717) is 34.0 Å². The average molecular weight is 486 g/mol. The minimum absolute atomic E-state index is 0.246. The van der Waals surface area contributed by atoms with Crippen LogP contribution in [0.1, 0.15) is 52.5 Å². The van der Waals surface area contributed by atoms with Crippen molar-refractivity contribution in [2.75, 3.05) is 0 Å². The van der Waals surface area contributed by atoms with E-state index in [-0.39, 0.29) is 11.5 Å². The smallest absolute Gasteiger partial charge is 0.127 e. The number of hydrogen-bond acceptors (Lipinski definition) is 6. The summed E-state index contributed by atoms with van der Waals surface area (Å²) in [5, 5.41) is 31.9. The third kappa shape index (κ3) is 3.77. The van der Waals surface area contributed by atoms with Crippen LogP contribution in [0.15, 0.2) is 61.2 Å². The summed E-state index contributed by atoms with van der Waals surface area (Å²) < 4.78 is 15.4. The fraction of sp³-hybridized carbons (Fsp3) is 0.111. The second kappa shape index (κ2) is 8.21. The van der Waals surface area contributed by atoms with Gasteiger partial charge in [-0.15, -0.1) is 11.3 Å². The number of rotatable bonds is 1. The fourth-order valence-corrected chi connectivity index (χ4v) is 5.40. The lowest BCUT2D eigenvalue weighted by Crippen LogP contribution is -2.03. The number of nitrogens with one attached hydrogen (secondary N) is 1. The van der Waals surface area contributed by atoms with Crippen LogP contribution in [0.2, 0.25) is 0 Å². The first-order valence-electron chi connectivity index (χ1n) is 11.0. The first-order chi connectivity index (χ1) is 16.9. The Morgan fingerprint density at radius 3 is 2.40 bits per heavy atom. The van der Waals surface area contributed by atoms with E-state index in [2.05, 4.69) is 16.5 Å². The summed E-state index contributed by atoms with van der Waals surface area (Å²) in [7, 11) is 0. The third-order valence-corrected chi connectivity index (χ3v) is 7.27. The van der Waals surface area contributed by atoms with E-state index < -0.39 is 18.3 Å². The lowest BCUT2D eigenvalue weighted by atomic mass is 10.0. The molecule has 6 rings (SSSR count). The summed E-state index contributed by atoms with van der Waals surface area (Å²) in [6.07, 6.45) is 0.348. The van der Waals surface area contributed by atoms with Gasteiger partial charge in [0.25, 0.3) is 0 Å². The van der Waals surface area contributed by atoms with E-state index in [1.807, 2.05) is 24.3 Å². The standard InChI is InChI=1S/C27H20FN3O3S/c1-13-19-10-16-6-8-18(29-16)24(14-2-4-15(28)5-3-14)23-9-7-17(35-23)11-20-26(33)27(34)22(31-20)12-21(30-19)25(13)32/h2-12,25-27,30,32-34H,1H2. The maximum Gasteiger partial charge on any atom is 0.127 e. The molecular weight excluding hydrogens is 465 g/mol. The van der Waals surface area contributed by atoms with Crippen molar-refractivity contribution in [3.8, 4) is 11.1 Å². The molecule has 4 N–H and O–H groups in total. The van der Waals surface area contributed by atoms with Crippen molar-refractivity contribution in [2.45, 2.75) is 18.3 Å². The van der Waals surface area contributed by atoms with Crippen LogP contribution in [-0.2, 0) is 0 Å². The quantitative estimate of drug-likeness (QED) is 0.295. The van der Waals surface area contributed by atoms with E-state index >= 15 is 0 Å². The Kier molecular flexibility index (Phi) is 5.12. The molecule has 0 amide bonds. The highest BCUT2D eigenvalue weighted by Gasteiger charge is 2.30. The number of H-pyrrole nitrogens is 1. The SMILES string of the molecule is C=C1c2cc3nc(c(-c4ccc(F)cc4)c4ccc(cc5nc(cc([nH]2)C1O)C(O)C5O)s4)C=C3. The molecule has 1 aromatic carbocycles. The van der Waals surface area contributed by atoms with Gasteiger partial charge in [-0.3, -0.25) is 4.98 Å². The zero-order chi connectivity index (χ0) is 24.3. The maximum absolute atomic E-state index is 13.7. The predicted molar refractivity (Wildman–Crippen MR) is 134 cm³/mol. The number of aromatic amines is 1. The molecular formula is C27H20FN3O3S. The highest BCUT2D eigenvalue weighted by molar-refractivity contribution is 7.23. The van der Waals surface area contributed by atoms with Crippen molar-refractivity contribution in [3.63, 3.8) is 0 Å². The lowest BCUT2D eigenvalue weighted by molar-refractivity contribution is 0.0252. The monoisotopic (exact) mass is 485 g/mol. The van der Waals surface area contributed by atoms with Crippen molar-refractivity contribution < 1.29 is 19.7 Å². The molecule has 0 saturated heterocycles. The molecule has 0 saturated carbocycles. The van der Waals surface area contributed by atoms with Gasteiger partial charge in [-0.05, 0) is 60.2 Å². The molecule has 3 aromatic rings. The van der Waals surface area contributed by atoms with Gasteiger partial charge in [-0.25, -0.2) is 9.37 Å². The molecule has 0 fully saturated rings. The zero-order valence-corrected chi connectivity index (χ0v) is 19.1. The summed E-state index contributed by atoms with van der Waals surface area (Å²) in [4.78, 5) is 12.4. The van der Waals surface area contributed by atoms with Crippen molar-refractivity contribution in [3.05, 3.63) is 101 Å². The molecule has 8 heteroatoms. The van der Waals surface area contributed by atoms with E-state index in [9.17, 15) is 19.7 Å². The van der Waals surface area contributed by atoms with Crippen LogP contribution in [0, 0.1) is 5.82 Å². The van der Waals surface area contributed by atoms with Gasteiger partial charge in [-0.2, -0.15) is 0 Å². The number of aromatic nitrogens is 3. The largest absolute Gasteiger partial charge is 0.384 e. The van der Waals surface area contributed by atoms with Crippen molar-refractivity contribution in [1.82, 2.24) is 15.0 Å². The zero-order valence-electron chi connectivity index (χ0n) is 18.3. The number of thiophene rings is 1. The van der Waals surface area contributed by atoms with Gasteiger partial charge in [0.2, 0.25) is 0 Å². The average Bonchev–Trinajstić information content (AvgIpc) is 3.60. The van der Waals surface area contributed by atoms with Crippen LogP contribution in [0.5, 0.6) is 0 Å². The van der Waals surface area contributed by atoms with Gasteiger partial charge in [-0.1, -0.05) is 18.7 Å². The molecule has 5 heterocycles. The Balaban J connectivity index is 1.71. The van der Waals surface area contributed by atoms with Crippen LogP contribution < -0.4 is 0 Å². The van der Waals surface area contributed by atoms with Crippen molar-refractivity contribution >= 4 is 38.5 Å². The van der Waals surface area contributed by atoms with E-state index in [0.717, 1.165) is 20.5 Å². The number of halogens is 1. The van der Waals surface area contributed by atoms with Gasteiger partial charge < -0.3 is 20.3 Å². The third-order valence-electron chi connectivity index (χ3n) is 6.22. The van der Waals surface area contributed by atoms with E-state index in [1.54, 1.807) is 30.3 Å². The molecule has 174 valence electrons. The number of aliphatic hydroxyl groups excluding tert-OH is 3. The minimum atomic E-state index is -1.22. The molecule has 35 heavy (non-hydrogen) atoms. The Hall–Kier alpha value is -3.69. The second-order valence-corrected chi connectivity index (χ2v) is 9.66. The molecule has 6 nitrogen and oxygen atoms in total. The van der Waals surface area contributed by atoms with Gasteiger partial charge in [0.15, 0.2) is 0 Å². The molecule has 3 aliphatic rings. The Labute approximate surface area is 203 Å². The maximum atomic E-state index is 13.7. The topological polar surface area (TPSA) is 102 Å². The van der Waals surface area contributed by atoms with Gasteiger partial charge in [0.05, 0.1) is 28.5 Å². The first-order valence-corrected chi connectivity index (χ1v) is 11.8. The molecule has 0 aliphatic carbocycles. The predicted octanol–water partition coefficient (Wildman–Crippen LogP) is 5.26. The summed E-state index contributed by atoms with van der Waals surface area (Å²) in [6, 6.07) is 15.2. The molecule has 3 aliphatic heterocycles. The Bertz CT molecular complexity index is 1590. The van der Waals surface area contributed by atoms with E-state index in [1.165, 1.54) is 23.5 Å². The number of nitrogens with zero attached hydrogens (tertiary/aromatic N) is 2. The normalized spacial score (nSPS) is 20.2. The van der Waals surface area contributed by atoms with Crippen LogP contribution in [-0.4, -0.2) is 30.3 Å². The van der Waals surface area contributed by atoms with E-state index in [4.69, 9.17) is 4.98 Å². The van der Waals surface area contributed by atoms with Crippen molar-refractivity contribution in [2.24, 2.45) is 0 Å². The molecule has 0 radical (unpaired) electrons. The van der Waals surface area contributed by atoms with Crippen LogP contribution in [0.4, 0.5) is 4.39 Å². The molecule has 8 bridgehead atoms. The number of fused-ring (bicyclic) bond motifs is 8. The highest BCUT2D eigenvalue weighted by atomic mass is 32.1. The summed E-state index contributed by atoms with van der Waals surface area (Å²) in [5.74, 6) is -0.323. The highest BCUT2D eigenvalue weighted by Crippen LogP contribution is 2.38. The lowest BCUT2D eigenvalue weighted by Gasteiger charge is -2.07. The molecule has 3 unspecified atom stereocenters. The number of hydrogen-bond donors (Lipinski definition) is 4. The van der Waals surface area contributed by atoms with Crippen molar-refractivity contribution in [1.29, 1.82) is 0 Å². The number of aliphatic hydroxyl groups is 3. The van der Waals surface area contributed by atoms with Crippen LogP contribution in [0.3, 0.4) is 0 Å². The van der Waals surface area contributed by atoms with Crippen LogP contribution >= 0.6 is 11.3 Å². The number of benzene rings is 1. The fourth-order valence-electron chi connectivity index (χ4n) is 4.37. The van der Waals surface area contributed by atoms with Crippen LogP contribution in [0.25, 0.3) is 38.3 Å². The summed E-state index contributed by atoms with van der Waals surface area (Å²) in [6.45, 7) is 3.98. The first kappa shape index (κ1) is 21.8. The summed E-state index contributed by atoms with van der Waals surface area (Å²) >= 11 is 1.48. The second-order valence-electron chi connectivity index (χ2n) is 8.55. The van der Waals surface area contributed by atoms with Gasteiger partial charge in [0.1, 0.15) is 24.1 Å². The molecule has 3 atom stereocenters.